The summed E-state index contributed by atoms with van der Waals surface area (Å²) in [4.78, 5) is 2.40. The van der Waals surface area contributed by atoms with Crippen molar-refractivity contribution in [2.24, 2.45) is 11.8 Å². The maximum atomic E-state index is 4.14. The van der Waals surface area contributed by atoms with Gasteiger partial charge in [0.1, 0.15) is 0 Å². The molecule has 0 heterocycles. The average Bonchev–Trinajstić information content (AvgIpc) is 2.76. The van der Waals surface area contributed by atoms with Crippen molar-refractivity contribution in [2.75, 3.05) is 0 Å². The van der Waals surface area contributed by atoms with E-state index in [0.29, 0.717) is 6.04 Å². The van der Waals surface area contributed by atoms with E-state index in [1.807, 2.05) is 0 Å². The van der Waals surface area contributed by atoms with E-state index in [1.165, 1.54) is 18.5 Å². The summed E-state index contributed by atoms with van der Waals surface area (Å²) in [5, 5.41) is 0. The molecule has 0 spiro atoms. The first-order valence-corrected chi connectivity index (χ1v) is 6.64. The fraction of sp³-hybridized carbons (Fsp3) is 0.562. The molecule has 17 heavy (non-hydrogen) atoms. The van der Waals surface area contributed by atoms with Crippen LogP contribution in [0.15, 0.2) is 41.9 Å². The minimum absolute atomic E-state index is 0.444. The molecule has 2 aliphatic carbocycles. The lowest BCUT2D eigenvalue weighted by Gasteiger charge is -2.37. The van der Waals surface area contributed by atoms with E-state index in [2.05, 4.69) is 56.2 Å². The molecule has 1 heteroatoms. The van der Waals surface area contributed by atoms with Crippen LogP contribution in [0, 0.1) is 11.8 Å². The molecule has 0 bridgehead atoms. The van der Waals surface area contributed by atoms with Crippen molar-refractivity contribution in [2.45, 2.75) is 46.1 Å². The van der Waals surface area contributed by atoms with Gasteiger partial charge in [0.2, 0.25) is 0 Å². The van der Waals surface area contributed by atoms with Crippen molar-refractivity contribution in [1.82, 2.24) is 4.90 Å². The summed E-state index contributed by atoms with van der Waals surface area (Å²) < 4.78 is 0. The van der Waals surface area contributed by atoms with Crippen molar-refractivity contribution in [3.05, 3.63) is 41.9 Å². The quantitative estimate of drug-likeness (QED) is 0.654. The maximum absolute atomic E-state index is 4.14. The molecule has 0 amide bonds. The fourth-order valence-electron chi connectivity index (χ4n) is 2.72. The number of hydrogen-bond acceptors (Lipinski definition) is 1. The van der Waals surface area contributed by atoms with E-state index in [-0.39, 0.29) is 0 Å². The fourth-order valence-corrected chi connectivity index (χ4v) is 2.72. The largest absolute Gasteiger partial charge is 0.342 e. The Bertz CT molecular complexity index is 396. The van der Waals surface area contributed by atoms with Crippen LogP contribution in [-0.2, 0) is 0 Å². The molecule has 0 aromatic rings. The van der Waals surface area contributed by atoms with Crippen LogP contribution in [0.25, 0.3) is 0 Å². The Morgan fingerprint density at radius 2 is 2.12 bits per heavy atom. The zero-order valence-corrected chi connectivity index (χ0v) is 11.2. The van der Waals surface area contributed by atoms with Crippen LogP contribution in [0.5, 0.6) is 0 Å². The molecule has 3 atom stereocenters. The van der Waals surface area contributed by atoms with Gasteiger partial charge in [-0.15, -0.1) is 5.73 Å². The van der Waals surface area contributed by atoms with Gasteiger partial charge in [-0.2, -0.15) is 0 Å². The van der Waals surface area contributed by atoms with Gasteiger partial charge >= 0.3 is 0 Å². The van der Waals surface area contributed by atoms with Crippen LogP contribution in [0.3, 0.4) is 0 Å². The molecule has 0 fully saturated rings. The van der Waals surface area contributed by atoms with Crippen molar-refractivity contribution >= 4 is 0 Å². The van der Waals surface area contributed by atoms with E-state index >= 15 is 0 Å². The molecule has 0 saturated carbocycles. The molecule has 92 valence electrons. The summed E-state index contributed by atoms with van der Waals surface area (Å²) in [5.41, 5.74) is 5.82. The SMILES string of the molecule is C=C(C)N(C1=CCC(C)[C@@H](C)C1)C1C=C=CC1. The highest BCUT2D eigenvalue weighted by atomic mass is 15.2. The lowest BCUT2D eigenvalue weighted by atomic mass is 9.83. The highest BCUT2D eigenvalue weighted by Crippen LogP contribution is 2.34. The second-order valence-corrected chi connectivity index (χ2v) is 5.54. The number of allylic oxidation sites excluding steroid dienone is 3. The maximum Gasteiger partial charge on any atom is 0.0629 e. The standard InChI is InChI=1S/C16H23N/c1-12(2)17(15-7-5-6-8-15)16-10-9-13(3)14(4)11-16/h5,8,10,13-15H,1,7,9,11H2,2-4H3/t13?,14-,15?/m0/s1. The van der Waals surface area contributed by atoms with E-state index in [1.54, 1.807) is 0 Å². The molecule has 1 nitrogen and oxygen atoms in total. The van der Waals surface area contributed by atoms with Gasteiger partial charge in [-0.25, -0.2) is 0 Å². The summed E-state index contributed by atoms with van der Waals surface area (Å²) >= 11 is 0. The van der Waals surface area contributed by atoms with Crippen LogP contribution >= 0.6 is 0 Å². The van der Waals surface area contributed by atoms with Gasteiger partial charge in [-0.1, -0.05) is 26.5 Å². The van der Waals surface area contributed by atoms with Crippen molar-refractivity contribution in [1.29, 1.82) is 0 Å². The van der Waals surface area contributed by atoms with Crippen LogP contribution < -0.4 is 0 Å². The Morgan fingerprint density at radius 3 is 2.65 bits per heavy atom. The average molecular weight is 229 g/mol. The van der Waals surface area contributed by atoms with E-state index in [4.69, 9.17) is 0 Å². The second-order valence-electron chi connectivity index (χ2n) is 5.54. The first-order valence-electron chi connectivity index (χ1n) is 6.64. The van der Waals surface area contributed by atoms with Crippen LogP contribution in [0.2, 0.25) is 0 Å². The third kappa shape index (κ3) is 2.56. The molecule has 0 aromatic heterocycles. The van der Waals surface area contributed by atoms with Crippen LogP contribution in [0.1, 0.15) is 40.0 Å². The van der Waals surface area contributed by atoms with Gasteiger partial charge in [-0.05, 0) is 50.2 Å². The lowest BCUT2D eigenvalue weighted by Crippen LogP contribution is -2.33. The molecular weight excluding hydrogens is 206 g/mol. The third-order valence-corrected chi connectivity index (χ3v) is 4.05. The van der Waals surface area contributed by atoms with Gasteiger partial charge in [0.05, 0.1) is 6.04 Å². The Morgan fingerprint density at radius 1 is 1.35 bits per heavy atom. The highest BCUT2D eigenvalue weighted by Gasteiger charge is 2.26. The number of hydrogen-bond donors (Lipinski definition) is 0. The predicted molar refractivity (Wildman–Crippen MR) is 73.4 cm³/mol. The summed E-state index contributed by atoms with van der Waals surface area (Å²) in [6, 6.07) is 0.444. The van der Waals surface area contributed by atoms with Crippen molar-refractivity contribution in [3.8, 4) is 0 Å². The molecule has 0 aromatic carbocycles. The van der Waals surface area contributed by atoms with Crippen molar-refractivity contribution in [3.63, 3.8) is 0 Å². The topological polar surface area (TPSA) is 3.24 Å². The van der Waals surface area contributed by atoms with Gasteiger partial charge in [0.25, 0.3) is 0 Å². The summed E-state index contributed by atoms with van der Waals surface area (Å²) in [6.07, 6.45) is 10.1. The second kappa shape index (κ2) is 4.98. The molecule has 0 N–H and O–H groups in total. The zero-order valence-electron chi connectivity index (χ0n) is 11.2. The summed E-state index contributed by atoms with van der Waals surface area (Å²) in [7, 11) is 0. The Hall–Kier alpha value is -1.20. The number of rotatable bonds is 3. The van der Waals surface area contributed by atoms with E-state index in [0.717, 1.165) is 24.0 Å². The van der Waals surface area contributed by atoms with Crippen LogP contribution in [-0.4, -0.2) is 10.9 Å². The molecule has 0 saturated heterocycles. The predicted octanol–water partition coefficient (Wildman–Crippen LogP) is 4.26. The first kappa shape index (κ1) is 12.3. The van der Waals surface area contributed by atoms with E-state index in [9.17, 15) is 0 Å². The Kier molecular flexibility index (Phi) is 3.59. The minimum atomic E-state index is 0.444. The molecule has 0 aliphatic heterocycles. The molecule has 0 radical (unpaired) electrons. The minimum Gasteiger partial charge on any atom is -0.342 e. The monoisotopic (exact) mass is 229 g/mol. The molecule has 2 unspecified atom stereocenters. The summed E-state index contributed by atoms with van der Waals surface area (Å²) in [5.74, 6) is 1.58. The van der Waals surface area contributed by atoms with Crippen LogP contribution in [0.4, 0.5) is 0 Å². The van der Waals surface area contributed by atoms with Gasteiger partial charge in [-0.3, -0.25) is 0 Å². The summed E-state index contributed by atoms with van der Waals surface area (Å²) in [6.45, 7) is 11.0. The Balaban J connectivity index is 2.17. The lowest BCUT2D eigenvalue weighted by molar-refractivity contribution is 0.287. The smallest absolute Gasteiger partial charge is 0.0629 e. The van der Waals surface area contributed by atoms with Gasteiger partial charge < -0.3 is 4.90 Å². The van der Waals surface area contributed by atoms with E-state index < -0.39 is 0 Å². The molecule has 2 aliphatic rings. The Labute approximate surface area is 105 Å². The zero-order chi connectivity index (χ0) is 12.4. The third-order valence-electron chi connectivity index (χ3n) is 4.05. The first-order chi connectivity index (χ1) is 8.09. The molecular formula is C16H23N. The molecule has 2 rings (SSSR count). The van der Waals surface area contributed by atoms with Crippen molar-refractivity contribution < 1.29 is 0 Å². The van der Waals surface area contributed by atoms with Gasteiger partial charge in [0.15, 0.2) is 0 Å². The number of nitrogens with zero attached hydrogens (tertiary/aromatic N) is 1. The van der Waals surface area contributed by atoms with Gasteiger partial charge in [0, 0.05) is 11.4 Å². The highest BCUT2D eigenvalue weighted by molar-refractivity contribution is 5.20. The normalized spacial score (nSPS) is 31.5.